The second kappa shape index (κ2) is 6.33. The van der Waals surface area contributed by atoms with E-state index in [1.54, 1.807) is 4.90 Å². The molecule has 0 saturated carbocycles. The maximum absolute atomic E-state index is 12.8. The standard InChI is InChI=1S/C20H18F3N3O/c1-2-19(27)24-11-16(12-24)26-13-25(17-5-3-4-6-18(17)26)15-9-7-14(8-10-15)20(21,22)23/h2-10,16H,1,11-13H2. The van der Waals surface area contributed by atoms with Crippen molar-refractivity contribution in [2.75, 3.05) is 29.6 Å². The number of carbonyl (C=O) groups excluding carboxylic acids is 1. The van der Waals surface area contributed by atoms with Gasteiger partial charge in [-0.1, -0.05) is 18.7 Å². The Balaban J connectivity index is 1.57. The monoisotopic (exact) mass is 373 g/mol. The maximum atomic E-state index is 12.8. The predicted molar refractivity (Wildman–Crippen MR) is 97.9 cm³/mol. The summed E-state index contributed by atoms with van der Waals surface area (Å²) >= 11 is 0. The number of fused-ring (bicyclic) bond motifs is 1. The lowest BCUT2D eigenvalue weighted by Gasteiger charge is -2.44. The van der Waals surface area contributed by atoms with Crippen LogP contribution in [0.1, 0.15) is 5.56 Å². The molecule has 140 valence electrons. The van der Waals surface area contributed by atoms with Gasteiger partial charge in [0.05, 0.1) is 29.6 Å². The van der Waals surface area contributed by atoms with Gasteiger partial charge in [-0.3, -0.25) is 4.79 Å². The molecule has 0 spiro atoms. The van der Waals surface area contributed by atoms with Crippen LogP contribution >= 0.6 is 0 Å². The van der Waals surface area contributed by atoms with Crippen LogP contribution < -0.4 is 9.80 Å². The largest absolute Gasteiger partial charge is 0.416 e. The predicted octanol–water partition coefficient (Wildman–Crippen LogP) is 4.02. The summed E-state index contributed by atoms with van der Waals surface area (Å²) in [6.07, 6.45) is -3.04. The maximum Gasteiger partial charge on any atom is 0.416 e. The van der Waals surface area contributed by atoms with Gasteiger partial charge in [0.25, 0.3) is 0 Å². The third-order valence-corrected chi connectivity index (χ3v) is 5.07. The third kappa shape index (κ3) is 3.03. The zero-order valence-corrected chi connectivity index (χ0v) is 14.5. The second-order valence-corrected chi connectivity index (χ2v) is 6.67. The summed E-state index contributed by atoms with van der Waals surface area (Å²) in [6, 6.07) is 13.2. The van der Waals surface area contributed by atoms with Crippen molar-refractivity contribution in [1.29, 1.82) is 0 Å². The van der Waals surface area contributed by atoms with Crippen LogP contribution in [0.15, 0.2) is 61.2 Å². The number of anilines is 3. The highest BCUT2D eigenvalue weighted by Crippen LogP contribution is 2.43. The van der Waals surface area contributed by atoms with Crippen molar-refractivity contribution in [1.82, 2.24) is 4.90 Å². The molecule has 2 aliphatic rings. The molecule has 2 aromatic rings. The van der Waals surface area contributed by atoms with Gasteiger partial charge in [-0.2, -0.15) is 13.2 Å². The third-order valence-electron chi connectivity index (χ3n) is 5.07. The van der Waals surface area contributed by atoms with Crippen molar-refractivity contribution < 1.29 is 18.0 Å². The Bertz CT molecular complexity index is 873. The van der Waals surface area contributed by atoms with Gasteiger partial charge in [-0.05, 0) is 42.5 Å². The van der Waals surface area contributed by atoms with E-state index >= 15 is 0 Å². The molecule has 0 N–H and O–H groups in total. The molecule has 2 aliphatic heterocycles. The molecular weight excluding hydrogens is 355 g/mol. The van der Waals surface area contributed by atoms with Gasteiger partial charge in [0, 0.05) is 18.8 Å². The van der Waals surface area contributed by atoms with Gasteiger partial charge >= 0.3 is 6.18 Å². The van der Waals surface area contributed by atoms with Crippen molar-refractivity contribution in [3.05, 3.63) is 66.7 Å². The second-order valence-electron chi connectivity index (χ2n) is 6.67. The molecule has 1 saturated heterocycles. The van der Waals surface area contributed by atoms with Crippen molar-refractivity contribution in [3.8, 4) is 0 Å². The van der Waals surface area contributed by atoms with E-state index in [1.165, 1.54) is 18.2 Å². The molecule has 1 amide bonds. The van der Waals surface area contributed by atoms with Gasteiger partial charge in [-0.25, -0.2) is 0 Å². The number of carbonyl (C=O) groups is 1. The number of benzene rings is 2. The zero-order chi connectivity index (χ0) is 19.2. The van der Waals surface area contributed by atoms with Crippen molar-refractivity contribution >= 4 is 23.0 Å². The van der Waals surface area contributed by atoms with E-state index in [4.69, 9.17) is 0 Å². The highest BCUT2D eigenvalue weighted by Gasteiger charge is 2.39. The van der Waals surface area contributed by atoms with Gasteiger partial charge in [0.15, 0.2) is 0 Å². The Morgan fingerprint density at radius 2 is 1.67 bits per heavy atom. The Kier molecular flexibility index (Phi) is 4.09. The number of hydrogen-bond donors (Lipinski definition) is 0. The number of amides is 1. The van der Waals surface area contributed by atoms with Crippen LogP contribution in [0.4, 0.5) is 30.2 Å². The van der Waals surface area contributed by atoms with Crippen LogP contribution in [0.25, 0.3) is 0 Å². The summed E-state index contributed by atoms with van der Waals surface area (Å²) in [5, 5.41) is 0. The molecule has 4 nitrogen and oxygen atoms in total. The Morgan fingerprint density at radius 3 is 2.26 bits per heavy atom. The number of rotatable bonds is 3. The minimum absolute atomic E-state index is 0.0849. The lowest BCUT2D eigenvalue weighted by Crippen LogP contribution is -2.61. The first-order chi connectivity index (χ1) is 12.9. The van der Waals surface area contributed by atoms with Crippen molar-refractivity contribution in [2.24, 2.45) is 0 Å². The number of para-hydroxylation sites is 2. The number of hydrogen-bond acceptors (Lipinski definition) is 3. The first-order valence-corrected chi connectivity index (χ1v) is 8.60. The Labute approximate surface area is 155 Å². The van der Waals surface area contributed by atoms with Gasteiger partial charge < -0.3 is 14.7 Å². The van der Waals surface area contributed by atoms with Crippen LogP contribution in [0.5, 0.6) is 0 Å². The molecule has 0 bridgehead atoms. The van der Waals surface area contributed by atoms with E-state index in [1.807, 2.05) is 29.2 Å². The molecule has 27 heavy (non-hydrogen) atoms. The molecule has 2 aromatic carbocycles. The van der Waals surface area contributed by atoms with Crippen LogP contribution in [-0.4, -0.2) is 36.6 Å². The normalized spacial score (nSPS) is 16.9. The fraction of sp³-hybridized carbons (Fsp3) is 0.250. The van der Waals surface area contributed by atoms with Crippen molar-refractivity contribution in [3.63, 3.8) is 0 Å². The minimum atomic E-state index is -4.35. The summed E-state index contributed by atoms with van der Waals surface area (Å²) in [5.41, 5.74) is 2.02. The first kappa shape index (κ1) is 17.5. The quantitative estimate of drug-likeness (QED) is 0.761. The van der Waals surface area contributed by atoms with E-state index in [0.29, 0.717) is 25.4 Å². The molecular formula is C20H18F3N3O. The zero-order valence-electron chi connectivity index (χ0n) is 14.5. The average molecular weight is 373 g/mol. The highest BCUT2D eigenvalue weighted by molar-refractivity contribution is 5.88. The lowest BCUT2D eigenvalue weighted by molar-refractivity contribution is -0.137. The number of halogens is 3. The molecule has 0 atom stereocenters. The van der Waals surface area contributed by atoms with E-state index in [2.05, 4.69) is 11.5 Å². The van der Waals surface area contributed by atoms with E-state index in [9.17, 15) is 18.0 Å². The summed E-state index contributed by atoms with van der Waals surface area (Å²) in [5.74, 6) is -0.0849. The van der Waals surface area contributed by atoms with Gasteiger partial charge in [0.1, 0.15) is 0 Å². The molecule has 1 fully saturated rings. The SMILES string of the molecule is C=CC(=O)N1CC(N2CN(c3ccc(C(F)(F)F)cc3)c3ccccc32)C1. The molecule has 0 unspecified atom stereocenters. The average Bonchev–Trinajstić information content (AvgIpc) is 2.99. The fourth-order valence-corrected chi connectivity index (χ4v) is 3.56. The van der Waals surface area contributed by atoms with Crippen LogP contribution in [-0.2, 0) is 11.0 Å². The summed E-state index contributed by atoms with van der Waals surface area (Å²) < 4.78 is 38.5. The molecule has 7 heteroatoms. The topological polar surface area (TPSA) is 26.8 Å². The van der Waals surface area contributed by atoms with E-state index in [-0.39, 0.29) is 11.9 Å². The van der Waals surface area contributed by atoms with E-state index in [0.717, 1.165) is 23.5 Å². The van der Waals surface area contributed by atoms with Crippen molar-refractivity contribution in [2.45, 2.75) is 12.2 Å². The molecule has 0 radical (unpaired) electrons. The Hall–Kier alpha value is -2.96. The number of alkyl halides is 3. The Morgan fingerprint density at radius 1 is 1.04 bits per heavy atom. The minimum Gasteiger partial charge on any atom is -0.345 e. The number of likely N-dealkylation sites (tertiary alicyclic amines) is 1. The molecule has 0 aliphatic carbocycles. The molecule has 0 aromatic heterocycles. The van der Waals surface area contributed by atoms with Crippen LogP contribution in [0.2, 0.25) is 0 Å². The van der Waals surface area contributed by atoms with Crippen LogP contribution in [0.3, 0.4) is 0 Å². The molecule has 4 rings (SSSR count). The fourth-order valence-electron chi connectivity index (χ4n) is 3.56. The lowest BCUT2D eigenvalue weighted by atomic mass is 10.1. The summed E-state index contributed by atoms with van der Waals surface area (Å²) in [6.45, 7) is 5.26. The van der Waals surface area contributed by atoms with Gasteiger partial charge in [0.2, 0.25) is 5.91 Å². The molecule has 2 heterocycles. The summed E-state index contributed by atoms with van der Waals surface area (Å²) in [4.78, 5) is 17.6. The first-order valence-electron chi connectivity index (χ1n) is 8.60. The van der Waals surface area contributed by atoms with Crippen LogP contribution in [0, 0.1) is 0 Å². The smallest absolute Gasteiger partial charge is 0.345 e. The highest BCUT2D eigenvalue weighted by atomic mass is 19.4. The van der Waals surface area contributed by atoms with Gasteiger partial charge in [-0.15, -0.1) is 0 Å². The summed E-state index contributed by atoms with van der Waals surface area (Å²) in [7, 11) is 0. The number of nitrogens with zero attached hydrogens (tertiary/aromatic N) is 3. The van der Waals surface area contributed by atoms with E-state index < -0.39 is 11.7 Å².